The summed E-state index contributed by atoms with van der Waals surface area (Å²) in [6.07, 6.45) is 0.454. The van der Waals surface area contributed by atoms with Crippen LogP contribution in [-0.4, -0.2) is 28.6 Å². The van der Waals surface area contributed by atoms with Crippen LogP contribution in [0.25, 0.3) is 11.0 Å². The molecule has 0 N–H and O–H groups in total. The van der Waals surface area contributed by atoms with Gasteiger partial charge in [-0.1, -0.05) is 41.9 Å². The molecule has 33 heavy (non-hydrogen) atoms. The number of nitrogens with zero attached hydrogens (tertiary/aromatic N) is 3. The van der Waals surface area contributed by atoms with E-state index in [-0.39, 0.29) is 11.8 Å². The maximum Gasteiger partial charge on any atom is 0.227 e. The summed E-state index contributed by atoms with van der Waals surface area (Å²) in [5.41, 5.74) is 5.27. The highest BCUT2D eigenvalue weighted by Gasteiger charge is 2.35. The number of carbonyl (C=O) groups is 1. The van der Waals surface area contributed by atoms with E-state index in [1.54, 1.807) is 0 Å². The molecular formula is C27H26ClN3O2. The second-order valence-electron chi connectivity index (χ2n) is 8.56. The predicted octanol–water partition coefficient (Wildman–Crippen LogP) is 5.91. The maximum atomic E-state index is 13.1. The summed E-state index contributed by atoms with van der Waals surface area (Å²) in [6.45, 7) is 5.90. The summed E-state index contributed by atoms with van der Waals surface area (Å²) >= 11 is 5.97. The SMILES string of the molecule is Cc1cccc(C)c1N1CC(c2nc3ccccc3n2CCOc2ccc(Cl)cc2)CC1=O. The quantitative estimate of drug-likeness (QED) is 0.360. The van der Waals surface area contributed by atoms with Gasteiger partial charge < -0.3 is 14.2 Å². The minimum absolute atomic E-state index is 0.0273. The normalized spacial score (nSPS) is 16.0. The van der Waals surface area contributed by atoms with Gasteiger partial charge in [0.2, 0.25) is 5.91 Å². The van der Waals surface area contributed by atoms with Crippen LogP contribution in [0.3, 0.4) is 0 Å². The van der Waals surface area contributed by atoms with Gasteiger partial charge in [0.25, 0.3) is 0 Å². The van der Waals surface area contributed by atoms with Gasteiger partial charge in [-0.2, -0.15) is 0 Å². The molecule has 168 valence electrons. The summed E-state index contributed by atoms with van der Waals surface area (Å²) in [7, 11) is 0. The van der Waals surface area contributed by atoms with Crippen LogP contribution in [0.1, 0.15) is 29.3 Å². The van der Waals surface area contributed by atoms with Crippen LogP contribution in [0.2, 0.25) is 5.02 Å². The molecule has 4 aromatic rings. The van der Waals surface area contributed by atoms with Crippen molar-refractivity contribution in [3.05, 3.63) is 88.7 Å². The van der Waals surface area contributed by atoms with Gasteiger partial charge in [-0.25, -0.2) is 4.98 Å². The molecule has 5 nitrogen and oxygen atoms in total. The molecule has 2 heterocycles. The summed E-state index contributed by atoms with van der Waals surface area (Å²) in [6, 6.07) is 21.7. The molecule has 0 spiro atoms. The zero-order valence-electron chi connectivity index (χ0n) is 18.8. The molecule has 1 aliphatic rings. The molecule has 0 bridgehead atoms. The molecule has 3 aromatic carbocycles. The van der Waals surface area contributed by atoms with E-state index in [0.717, 1.165) is 39.4 Å². The summed E-state index contributed by atoms with van der Waals surface area (Å²) in [4.78, 5) is 20.0. The zero-order chi connectivity index (χ0) is 22.9. The molecule has 1 amide bonds. The van der Waals surface area contributed by atoms with Gasteiger partial charge in [-0.3, -0.25) is 4.79 Å². The van der Waals surface area contributed by atoms with E-state index in [2.05, 4.69) is 36.6 Å². The average molecular weight is 460 g/mol. The summed E-state index contributed by atoms with van der Waals surface area (Å²) in [5.74, 6) is 1.90. The molecule has 1 aliphatic heterocycles. The highest BCUT2D eigenvalue weighted by Crippen LogP contribution is 2.36. The lowest BCUT2D eigenvalue weighted by atomic mass is 10.1. The van der Waals surface area contributed by atoms with Gasteiger partial charge in [0.05, 0.1) is 17.6 Å². The molecule has 0 radical (unpaired) electrons. The Hall–Kier alpha value is -3.31. The van der Waals surface area contributed by atoms with Gasteiger partial charge >= 0.3 is 0 Å². The highest BCUT2D eigenvalue weighted by atomic mass is 35.5. The molecule has 1 atom stereocenters. The number of rotatable bonds is 6. The number of halogens is 1. The second-order valence-corrected chi connectivity index (χ2v) is 8.99. The number of aryl methyl sites for hydroxylation is 2. The number of carbonyl (C=O) groups excluding carboxylic acids is 1. The number of para-hydroxylation sites is 3. The standard InChI is InChI=1S/C27H26ClN3O2/c1-18-6-5-7-19(2)26(18)31-17-20(16-25(31)32)27-29-23-8-3-4-9-24(23)30(27)14-15-33-22-12-10-21(28)11-13-22/h3-13,20H,14-17H2,1-2H3. The Labute approximate surface area is 198 Å². The molecule has 0 aliphatic carbocycles. The van der Waals surface area contributed by atoms with Gasteiger partial charge in [0.15, 0.2) is 0 Å². The van der Waals surface area contributed by atoms with Gasteiger partial charge in [-0.05, 0) is 61.4 Å². The first kappa shape index (κ1) is 21.5. The Balaban J connectivity index is 1.42. The van der Waals surface area contributed by atoms with Crippen molar-refractivity contribution in [2.24, 2.45) is 0 Å². The fourth-order valence-corrected chi connectivity index (χ4v) is 4.88. The van der Waals surface area contributed by atoms with E-state index >= 15 is 0 Å². The monoisotopic (exact) mass is 459 g/mol. The van der Waals surface area contributed by atoms with E-state index in [4.69, 9.17) is 21.3 Å². The molecule has 5 rings (SSSR count). The molecular weight excluding hydrogens is 434 g/mol. The molecule has 0 saturated carbocycles. The van der Waals surface area contributed by atoms with Crippen LogP contribution in [0.15, 0.2) is 66.7 Å². The Kier molecular flexibility index (Phi) is 5.81. The lowest BCUT2D eigenvalue weighted by Gasteiger charge is -2.21. The number of benzene rings is 3. The van der Waals surface area contributed by atoms with Crippen LogP contribution in [0.5, 0.6) is 5.75 Å². The Morgan fingerprint density at radius 3 is 2.48 bits per heavy atom. The first-order valence-electron chi connectivity index (χ1n) is 11.2. The van der Waals surface area contributed by atoms with E-state index in [1.165, 1.54) is 0 Å². The van der Waals surface area contributed by atoms with Gasteiger partial charge in [0.1, 0.15) is 18.2 Å². The molecule has 1 aromatic heterocycles. The van der Waals surface area contributed by atoms with E-state index in [1.807, 2.05) is 53.4 Å². The van der Waals surface area contributed by atoms with Crippen molar-refractivity contribution >= 4 is 34.2 Å². The topological polar surface area (TPSA) is 47.4 Å². The second kappa shape index (κ2) is 8.91. The number of hydrogen-bond acceptors (Lipinski definition) is 3. The van der Waals surface area contributed by atoms with Gasteiger partial charge in [0, 0.05) is 29.6 Å². The highest BCUT2D eigenvalue weighted by molar-refractivity contribution is 6.30. The number of anilines is 1. The van der Waals surface area contributed by atoms with Crippen LogP contribution in [0.4, 0.5) is 5.69 Å². The number of imidazole rings is 1. The van der Waals surface area contributed by atoms with Crippen molar-refractivity contribution in [3.8, 4) is 5.75 Å². The Morgan fingerprint density at radius 1 is 1.00 bits per heavy atom. The average Bonchev–Trinajstić information content (AvgIpc) is 3.36. The fourth-order valence-electron chi connectivity index (χ4n) is 4.75. The lowest BCUT2D eigenvalue weighted by Crippen LogP contribution is -2.26. The minimum atomic E-state index is 0.0273. The third kappa shape index (κ3) is 4.21. The third-order valence-electron chi connectivity index (χ3n) is 6.28. The third-order valence-corrected chi connectivity index (χ3v) is 6.53. The number of ether oxygens (including phenoxy) is 1. The number of aromatic nitrogens is 2. The van der Waals surface area contributed by atoms with E-state index < -0.39 is 0 Å². The van der Waals surface area contributed by atoms with Crippen molar-refractivity contribution in [2.75, 3.05) is 18.1 Å². The maximum absolute atomic E-state index is 13.1. The summed E-state index contributed by atoms with van der Waals surface area (Å²) in [5, 5.41) is 0.685. The molecule has 1 unspecified atom stereocenters. The van der Waals surface area contributed by atoms with Crippen molar-refractivity contribution < 1.29 is 9.53 Å². The van der Waals surface area contributed by atoms with Crippen molar-refractivity contribution in [2.45, 2.75) is 32.7 Å². The van der Waals surface area contributed by atoms with E-state index in [9.17, 15) is 4.79 Å². The Bertz CT molecular complexity index is 1290. The molecule has 1 saturated heterocycles. The van der Waals surface area contributed by atoms with Crippen LogP contribution >= 0.6 is 11.6 Å². The van der Waals surface area contributed by atoms with Crippen LogP contribution in [-0.2, 0) is 11.3 Å². The van der Waals surface area contributed by atoms with E-state index in [0.29, 0.717) is 31.1 Å². The first-order chi connectivity index (χ1) is 16.0. The predicted molar refractivity (Wildman–Crippen MR) is 132 cm³/mol. The summed E-state index contributed by atoms with van der Waals surface area (Å²) < 4.78 is 8.17. The smallest absolute Gasteiger partial charge is 0.227 e. The Morgan fingerprint density at radius 2 is 1.73 bits per heavy atom. The van der Waals surface area contributed by atoms with Crippen LogP contribution in [0, 0.1) is 13.8 Å². The molecule has 1 fully saturated rings. The lowest BCUT2D eigenvalue weighted by molar-refractivity contribution is -0.117. The van der Waals surface area contributed by atoms with Crippen molar-refractivity contribution in [1.29, 1.82) is 0 Å². The number of hydrogen-bond donors (Lipinski definition) is 0. The fraction of sp³-hybridized carbons (Fsp3) is 0.259. The minimum Gasteiger partial charge on any atom is -0.492 e. The van der Waals surface area contributed by atoms with Crippen molar-refractivity contribution in [3.63, 3.8) is 0 Å². The number of amides is 1. The number of fused-ring (bicyclic) bond motifs is 1. The first-order valence-corrected chi connectivity index (χ1v) is 11.6. The van der Waals surface area contributed by atoms with Crippen molar-refractivity contribution in [1.82, 2.24) is 9.55 Å². The van der Waals surface area contributed by atoms with Crippen LogP contribution < -0.4 is 9.64 Å². The largest absolute Gasteiger partial charge is 0.492 e. The zero-order valence-corrected chi connectivity index (χ0v) is 19.5. The van der Waals surface area contributed by atoms with Gasteiger partial charge in [-0.15, -0.1) is 0 Å². The molecule has 6 heteroatoms.